The van der Waals surface area contributed by atoms with Crippen molar-refractivity contribution in [1.29, 1.82) is 0 Å². The molecule has 0 aromatic carbocycles. The minimum Gasteiger partial charge on any atom is -0.450 e. The molecular formula is C35H92N2O8. The lowest BCUT2D eigenvalue weighted by Gasteiger charge is -2.06. The molecule has 0 saturated carbocycles. The highest BCUT2D eigenvalue weighted by Crippen LogP contribution is 2.03. The van der Waals surface area contributed by atoms with Crippen LogP contribution in [0.3, 0.4) is 0 Å². The number of hydrogen-bond acceptors (Lipinski definition) is 9. The molecule has 0 aromatic rings. The average Bonchev–Trinajstić information content (AvgIpc) is 2.90. The number of ether oxygens (including phenoxy) is 4. The fraction of sp³-hybridized carbons (Fsp3) is 0.943. The second-order valence-corrected chi connectivity index (χ2v) is 7.25. The van der Waals surface area contributed by atoms with E-state index in [1.165, 1.54) is 0 Å². The van der Waals surface area contributed by atoms with E-state index in [4.69, 9.17) is 23.8 Å². The van der Waals surface area contributed by atoms with Gasteiger partial charge in [-0.3, -0.25) is 0 Å². The topological polar surface area (TPSA) is 132 Å². The van der Waals surface area contributed by atoms with Crippen LogP contribution in [0.4, 0.5) is 4.79 Å². The number of aliphatic hydroxyl groups excluding tert-OH is 1. The van der Waals surface area contributed by atoms with Crippen molar-refractivity contribution >= 4 is 12.2 Å². The Labute approximate surface area is 286 Å². The second kappa shape index (κ2) is 96.8. The summed E-state index contributed by atoms with van der Waals surface area (Å²) in [6.45, 7) is 24.2. The Morgan fingerprint density at radius 3 is 1.40 bits per heavy atom. The fourth-order valence-corrected chi connectivity index (χ4v) is 2.08. The van der Waals surface area contributed by atoms with E-state index in [9.17, 15) is 9.90 Å². The molecule has 3 N–H and O–H groups in total. The molecule has 10 nitrogen and oxygen atoms in total. The monoisotopic (exact) mass is 669 g/mol. The van der Waals surface area contributed by atoms with Crippen LogP contribution in [0, 0.1) is 0 Å². The van der Waals surface area contributed by atoms with Gasteiger partial charge in [0.1, 0.15) is 0 Å². The molecular weight excluding hydrogens is 576 g/mol. The first-order valence-corrected chi connectivity index (χ1v) is 13.9. The molecule has 0 saturated heterocycles. The van der Waals surface area contributed by atoms with Crippen molar-refractivity contribution < 1.29 is 38.4 Å². The summed E-state index contributed by atoms with van der Waals surface area (Å²) in [5, 5.41) is 14.9. The molecule has 0 aliphatic heterocycles. The SMILES string of the molecule is C.C.C.C.C.C.C.C.CCCOC(=O)NCC.CCCOCC.CCNCCOCC.CCOCCCCC(O)CC.O=C=O. The number of alkyl carbamates (subject to hydrolysis) is 1. The van der Waals surface area contributed by atoms with Crippen molar-refractivity contribution in [2.75, 3.05) is 65.9 Å². The Morgan fingerprint density at radius 2 is 1.07 bits per heavy atom. The lowest BCUT2D eigenvalue weighted by Crippen LogP contribution is -2.23. The van der Waals surface area contributed by atoms with Gasteiger partial charge in [0.05, 0.1) is 19.3 Å². The van der Waals surface area contributed by atoms with Crippen molar-refractivity contribution in [1.82, 2.24) is 10.6 Å². The Hall–Kier alpha value is -1.55. The highest BCUT2D eigenvalue weighted by molar-refractivity contribution is 5.66. The molecule has 10 heteroatoms. The Kier molecular flexibility index (Phi) is 182. The highest BCUT2D eigenvalue weighted by Gasteiger charge is 1.98. The summed E-state index contributed by atoms with van der Waals surface area (Å²) in [7, 11) is 0. The summed E-state index contributed by atoms with van der Waals surface area (Å²) >= 11 is 0. The molecule has 0 bridgehead atoms. The van der Waals surface area contributed by atoms with E-state index in [0.29, 0.717) is 13.2 Å². The van der Waals surface area contributed by atoms with Crippen molar-refractivity contribution in [2.24, 2.45) is 0 Å². The molecule has 1 unspecified atom stereocenters. The van der Waals surface area contributed by atoms with E-state index in [2.05, 4.69) is 29.2 Å². The van der Waals surface area contributed by atoms with Crippen molar-refractivity contribution in [3.8, 4) is 0 Å². The minimum atomic E-state index is -0.320. The average molecular weight is 669 g/mol. The van der Waals surface area contributed by atoms with Gasteiger partial charge in [0.2, 0.25) is 0 Å². The van der Waals surface area contributed by atoms with Gasteiger partial charge >= 0.3 is 12.2 Å². The van der Waals surface area contributed by atoms with Crippen LogP contribution in [-0.4, -0.2) is 89.3 Å². The van der Waals surface area contributed by atoms with Gasteiger partial charge < -0.3 is 34.7 Å². The van der Waals surface area contributed by atoms with E-state index in [1.54, 1.807) is 0 Å². The van der Waals surface area contributed by atoms with Gasteiger partial charge in [-0.15, -0.1) is 0 Å². The van der Waals surface area contributed by atoms with Crippen molar-refractivity contribution in [3.63, 3.8) is 0 Å². The van der Waals surface area contributed by atoms with Crippen molar-refractivity contribution in [3.05, 3.63) is 0 Å². The van der Waals surface area contributed by atoms with Crippen LogP contribution in [0.1, 0.15) is 153 Å². The summed E-state index contributed by atoms with van der Waals surface area (Å²) in [6, 6.07) is 0. The third-order valence-corrected chi connectivity index (χ3v) is 3.94. The van der Waals surface area contributed by atoms with Crippen LogP contribution in [-0.2, 0) is 28.5 Å². The Morgan fingerprint density at radius 1 is 0.644 bits per heavy atom. The van der Waals surface area contributed by atoms with Crippen LogP contribution >= 0.6 is 0 Å². The molecule has 0 aliphatic carbocycles. The molecule has 0 fully saturated rings. The number of unbranched alkanes of at least 4 members (excludes halogenated alkanes) is 1. The van der Waals surface area contributed by atoms with Crippen LogP contribution in [0.25, 0.3) is 0 Å². The molecule has 0 radical (unpaired) electrons. The molecule has 0 rings (SSSR count). The highest BCUT2D eigenvalue weighted by atomic mass is 16.5. The summed E-state index contributed by atoms with van der Waals surface area (Å²) in [4.78, 5) is 26.7. The minimum absolute atomic E-state index is 0. The number of carbonyl (C=O) groups excluding carboxylic acids is 3. The van der Waals surface area contributed by atoms with E-state index in [-0.39, 0.29) is 77.8 Å². The van der Waals surface area contributed by atoms with Crippen molar-refractivity contribution in [2.45, 2.75) is 159 Å². The summed E-state index contributed by atoms with van der Waals surface area (Å²) in [5.41, 5.74) is 0. The first kappa shape index (κ1) is 84.4. The Bertz CT molecular complexity index is 403. The summed E-state index contributed by atoms with van der Waals surface area (Å²) in [6.07, 6.45) is 5.78. The smallest absolute Gasteiger partial charge is 0.407 e. The van der Waals surface area contributed by atoms with Gasteiger partial charge in [0.15, 0.2) is 0 Å². The zero-order valence-corrected chi connectivity index (χ0v) is 25.2. The normalized spacial score (nSPS) is 8.11. The number of carbonyl (C=O) groups is 1. The summed E-state index contributed by atoms with van der Waals surface area (Å²) < 4.78 is 19.9. The number of rotatable bonds is 18. The second-order valence-electron chi connectivity index (χ2n) is 7.25. The lowest BCUT2D eigenvalue weighted by molar-refractivity contribution is -0.191. The maximum atomic E-state index is 10.5. The van der Waals surface area contributed by atoms with Gasteiger partial charge in [0, 0.05) is 46.1 Å². The third-order valence-electron chi connectivity index (χ3n) is 3.94. The summed E-state index contributed by atoms with van der Waals surface area (Å²) in [5.74, 6) is 0. The predicted molar refractivity (Wildman–Crippen MR) is 203 cm³/mol. The first-order valence-electron chi connectivity index (χ1n) is 13.9. The van der Waals surface area contributed by atoms with E-state index >= 15 is 0 Å². The molecule has 0 aromatic heterocycles. The number of nitrogens with one attached hydrogen (secondary N) is 2. The van der Waals surface area contributed by atoms with Crippen LogP contribution in [0.5, 0.6) is 0 Å². The van der Waals surface area contributed by atoms with Crippen LogP contribution in [0.2, 0.25) is 0 Å². The fourth-order valence-electron chi connectivity index (χ4n) is 2.08. The molecule has 1 amide bonds. The number of aliphatic hydroxyl groups is 1. The lowest BCUT2D eigenvalue weighted by atomic mass is 10.1. The number of likely N-dealkylation sites (N-methyl/N-ethyl adjacent to an activating group) is 1. The van der Waals surface area contributed by atoms with E-state index in [0.717, 1.165) is 91.3 Å². The zero-order valence-electron chi connectivity index (χ0n) is 25.2. The molecule has 0 spiro atoms. The Balaban J connectivity index is -0.0000000256. The maximum absolute atomic E-state index is 10.5. The van der Waals surface area contributed by atoms with Gasteiger partial charge in [0.25, 0.3) is 0 Å². The zero-order chi connectivity index (χ0) is 29.4. The maximum Gasteiger partial charge on any atom is 0.407 e. The van der Waals surface area contributed by atoms with Crippen LogP contribution in [0.15, 0.2) is 0 Å². The molecule has 290 valence electrons. The van der Waals surface area contributed by atoms with Crippen LogP contribution < -0.4 is 10.6 Å². The quantitative estimate of drug-likeness (QED) is 0.122. The van der Waals surface area contributed by atoms with Gasteiger partial charge in [-0.1, -0.05) is 87.1 Å². The largest absolute Gasteiger partial charge is 0.450 e. The van der Waals surface area contributed by atoms with Gasteiger partial charge in [-0.05, 0) is 72.8 Å². The molecule has 45 heavy (non-hydrogen) atoms. The first-order chi connectivity index (χ1) is 17.9. The molecule has 0 heterocycles. The van der Waals surface area contributed by atoms with E-state index < -0.39 is 0 Å². The van der Waals surface area contributed by atoms with Gasteiger partial charge in [-0.25, -0.2) is 4.79 Å². The molecule has 1 atom stereocenters. The molecule has 0 aliphatic rings. The van der Waals surface area contributed by atoms with Gasteiger partial charge in [-0.2, -0.15) is 9.59 Å². The number of hydrogen-bond donors (Lipinski definition) is 3. The third kappa shape index (κ3) is 138. The van der Waals surface area contributed by atoms with E-state index in [1.807, 2.05) is 41.5 Å². The predicted octanol–water partition coefficient (Wildman–Crippen LogP) is 9.68. The standard InChI is InChI=1S/C9H20O2.C6H13NO2.C6H15NO.C5H12O.CO2.8CH4/c1-3-9(10)7-5-6-8-11-4-2;1-3-5-9-6(8)7-4-2;1-3-7-5-6-8-4-2;1-3-5-6-4-2;2-1-3;;;;;;;;/h9-10H,3-8H2,1-2H3;3-5H2,1-2H3,(H,7,8);7H,3-6H2,1-2H3;3-5H2,1-2H3;;8*1H4. The number of amides is 1.